The summed E-state index contributed by atoms with van der Waals surface area (Å²) in [7, 11) is 13.4. The van der Waals surface area contributed by atoms with Crippen LogP contribution in [0, 0.1) is 41.4 Å². The number of nitrogens with zero attached hydrogens (tertiary/aromatic N) is 6. The Hall–Kier alpha value is -4.42. The van der Waals surface area contributed by atoms with E-state index in [1.807, 2.05) is 95.1 Å². The summed E-state index contributed by atoms with van der Waals surface area (Å²) in [5.74, 6) is 0.593. The van der Waals surface area contributed by atoms with Gasteiger partial charge in [0.05, 0.1) is 24.2 Å². The lowest BCUT2D eigenvalue weighted by Gasteiger charge is -2.34. The van der Waals surface area contributed by atoms with Crippen molar-refractivity contribution in [2.45, 2.75) is 160 Å². The van der Waals surface area contributed by atoms with E-state index in [1.165, 1.54) is 0 Å². The number of rotatable bonds is 8. The van der Waals surface area contributed by atoms with Gasteiger partial charge in [-0.15, -0.1) is 0 Å². The van der Waals surface area contributed by atoms with Crippen LogP contribution in [-0.4, -0.2) is 202 Å². The molecule has 0 aromatic rings. The minimum atomic E-state index is -0.858. The molecule has 0 aromatic carbocycles. The van der Waals surface area contributed by atoms with Gasteiger partial charge in [0.15, 0.2) is 11.6 Å². The van der Waals surface area contributed by atoms with Crippen LogP contribution < -0.4 is 0 Å². The van der Waals surface area contributed by atoms with Crippen LogP contribution >= 0.6 is 0 Å². The molecule has 5 aliphatic heterocycles. The summed E-state index contributed by atoms with van der Waals surface area (Å²) in [4.78, 5) is 127. The Bertz CT molecular complexity index is 2190. The topological polar surface area (TPSA) is 210 Å². The average Bonchev–Trinajstić information content (AvgIpc) is 4.17. The molecule has 70 heavy (non-hydrogen) atoms. The maximum absolute atomic E-state index is 12.1. The molecule has 5 aliphatic carbocycles. The monoisotopic (exact) mass is 977 g/mol. The van der Waals surface area contributed by atoms with Crippen LogP contribution in [0.3, 0.4) is 0 Å². The van der Waals surface area contributed by atoms with E-state index >= 15 is 0 Å². The van der Waals surface area contributed by atoms with Crippen LogP contribution in [0.1, 0.15) is 101 Å². The van der Waals surface area contributed by atoms with Crippen molar-refractivity contribution in [1.82, 2.24) is 29.4 Å². The molecular weight excluding hydrogens is 897 g/mol. The van der Waals surface area contributed by atoms with Gasteiger partial charge in [0, 0.05) is 111 Å². The van der Waals surface area contributed by atoms with E-state index in [4.69, 9.17) is 5.11 Å². The predicted molar refractivity (Wildman–Crippen MR) is 262 cm³/mol. The zero-order chi connectivity index (χ0) is 52.3. The lowest BCUT2D eigenvalue weighted by molar-refractivity contribution is -0.149. The second-order valence-corrected chi connectivity index (χ2v) is 21.9. The Balaban J connectivity index is 0.000000165. The first-order valence-electron chi connectivity index (χ1n) is 25.3. The van der Waals surface area contributed by atoms with Crippen molar-refractivity contribution in [2.75, 3.05) is 49.3 Å². The van der Waals surface area contributed by atoms with E-state index < -0.39 is 12.0 Å². The molecule has 10 bridgehead atoms. The molecule has 17 atom stereocenters. The maximum Gasteiger partial charge on any atom is 0.321 e. The van der Waals surface area contributed by atoms with Gasteiger partial charge in [0.25, 0.3) is 0 Å². The van der Waals surface area contributed by atoms with E-state index in [1.54, 1.807) is 27.7 Å². The number of ketones is 9. The number of Topliss-reactive ketones (excluding diaryl/α,β-unsaturated/α-hetero) is 9. The number of hydrogen-bond donors (Lipinski definition) is 1. The lowest BCUT2D eigenvalue weighted by Crippen LogP contribution is -2.50. The smallest absolute Gasteiger partial charge is 0.321 e. The van der Waals surface area contributed by atoms with Crippen molar-refractivity contribution in [3.63, 3.8) is 0 Å². The Morgan fingerprint density at radius 1 is 0.557 bits per heavy atom. The lowest BCUT2D eigenvalue weighted by atomic mass is 9.88. The van der Waals surface area contributed by atoms with Crippen LogP contribution in [0.15, 0.2) is 23.4 Å². The van der Waals surface area contributed by atoms with Crippen molar-refractivity contribution in [3.05, 3.63) is 23.4 Å². The molecular formula is C53H80N6O11. The first kappa shape index (κ1) is 54.9. The zero-order valence-electron chi connectivity index (χ0n) is 43.8. The Morgan fingerprint density at radius 3 is 1.31 bits per heavy atom. The number of carboxylic acid groups (broad SMARTS) is 1. The number of carbonyl (C=O) groups is 10. The molecule has 0 amide bonds. The first-order valence-corrected chi connectivity index (χ1v) is 25.3. The summed E-state index contributed by atoms with van der Waals surface area (Å²) >= 11 is 0. The fourth-order valence-electron chi connectivity index (χ4n) is 14.8. The Labute approximate surface area is 415 Å². The van der Waals surface area contributed by atoms with E-state index in [-0.39, 0.29) is 126 Å². The third kappa shape index (κ3) is 9.54. The third-order valence-electron chi connectivity index (χ3n) is 17.9. The number of likely N-dealkylation sites (N-methyl/N-ethyl adjacent to an activating group) is 5. The molecule has 7 unspecified atom stereocenters. The zero-order valence-corrected chi connectivity index (χ0v) is 43.8. The van der Waals surface area contributed by atoms with Gasteiger partial charge in [0.1, 0.15) is 46.5 Å². The van der Waals surface area contributed by atoms with Gasteiger partial charge in [-0.05, 0) is 115 Å². The van der Waals surface area contributed by atoms with Gasteiger partial charge >= 0.3 is 5.97 Å². The van der Waals surface area contributed by atoms with E-state index in [2.05, 4.69) is 16.7 Å². The fraction of sp³-hybridized carbons (Fsp3) is 0.736. The number of fused-ring (bicyclic) bond motifs is 10. The van der Waals surface area contributed by atoms with E-state index in [0.29, 0.717) is 30.1 Å². The van der Waals surface area contributed by atoms with E-state index in [0.717, 1.165) is 56.1 Å². The number of likely N-dealkylation sites (tertiary alicyclic amines) is 5. The fourth-order valence-corrected chi connectivity index (χ4v) is 14.8. The van der Waals surface area contributed by atoms with Crippen LogP contribution in [0.5, 0.6) is 0 Å². The largest absolute Gasteiger partial charge is 0.480 e. The maximum atomic E-state index is 12.1. The van der Waals surface area contributed by atoms with Crippen LogP contribution in [0.4, 0.5) is 0 Å². The summed E-state index contributed by atoms with van der Waals surface area (Å²) < 4.78 is 0. The average molecular weight is 977 g/mol. The highest BCUT2D eigenvalue weighted by Gasteiger charge is 2.59. The summed E-state index contributed by atoms with van der Waals surface area (Å²) in [6.45, 7) is 12.3. The highest BCUT2D eigenvalue weighted by molar-refractivity contribution is 6.07. The highest BCUT2D eigenvalue weighted by Crippen LogP contribution is 2.47. The summed E-state index contributed by atoms with van der Waals surface area (Å²) in [5.41, 5.74) is 1.75. The molecule has 17 heteroatoms. The molecule has 5 heterocycles. The molecule has 10 rings (SSSR count). The minimum Gasteiger partial charge on any atom is -0.480 e. The minimum absolute atomic E-state index is 0. The standard InChI is InChI=1S/C12H18N2O2.C11H17NO2.C11H15NO2.C10H15NO3.C9H13NO2.H2/c1-7(15)11-8-5-10(14(11)4)9(12(8)16)6-13(2)3;2*1-4-7-9-5-8(11(7)14)10(6(2)13)12(9)3;1-3-5-7-4-6(9(5)12)8(10(13)14)11(7)2;1-5(11)9-7-3-6(10(9)2)4-8(7)12;/h6,8,10-11H,5H2,1-4H3;7-10H,4-5H2,1-3H3;4,8-10H,5H2,1-3H3;5-8H,3-4H2,1-2H3,(H,13,14);6-7,9H,3-4H2,1-2H3;1H/b9-6+;;7-4+;;;/t8-,10-,11?;7?,8-,9-,10?;8-,9-,10?;5?,6-,7-,8?;6-,7+,9?;/m00000./s1. The summed E-state index contributed by atoms with van der Waals surface area (Å²) in [6, 6.07) is -0.0311. The molecule has 388 valence electrons. The second-order valence-electron chi connectivity index (χ2n) is 21.9. The molecule has 0 spiro atoms. The molecule has 5 saturated heterocycles. The Morgan fingerprint density at radius 2 is 0.943 bits per heavy atom. The van der Waals surface area contributed by atoms with Gasteiger partial charge in [-0.3, -0.25) is 72.4 Å². The van der Waals surface area contributed by atoms with Crippen molar-refractivity contribution in [1.29, 1.82) is 0 Å². The number of aliphatic carboxylic acids is 1. The van der Waals surface area contributed by atoms with Gasteiger partial charge in [-0.25, -0.2) is 0 Å². The Kier molecular flexibility index (Phi) is 16.7. The van der Waals surface area contributed by atoms with Crippen molar-refractivity contribution < 1.29 is 54.5 Å². The SMILES string of the molecule is C/C=C1/C(=O)[C@H]2C[C@@H]1N(C)C2C(C)=O.CC(=O)C1[C@@H]2C[C@@H](/C(=C\N(C)C)C2=O)N1C.CC(=O)C1[C@@H]2C[C@@H](CC2=O)N1C.CCC1C(=O)[C@H]2C[C@@H]1N(C)C2C(=O)O.CCC1C(=O)[C@H]2C[C@@H]1N(C)C2C(C)=O.[HH]. The van der Waals surface area contributed by atoms with Crippen molar-refractivity contribution in [2.24, 2.45) is 41.4 Å². The number of allylic oxidation sites excluding steroid dienone is 1. The number of hydrogen-bond acceptors (Lipinski definition) is 16. The van der Waals surface area contributed by atoms with Crippen LogP contribution in [0.2, 0.25) is 0 Å². The number of carboxylic acids is 1. The molecule has 10 fully saturated rings. The van der Waals surface area contributed by atoms with Crippen LogP contribution in [0.25, 0.3) is 0 Å². The summed E-state index contributed by atoms with van der Waals surface area (Å²) in [6.07, 6.45) is 10.4. The number of piperidine rings is 5. The summed E-state index contributed by atoms with van der Waals surface area (Å²) in [5, 5.41) is 8.99. The molecule has 1 N–H and O–H groups in total. The van der Waals surface area contributed by atoms with Crippen molar-refractivity contribution >= 4 is 58.0 Å². The number of carbonyl (C=O) groups excluding carboxylic acids is 9. The molecule has 5 saturated carbocycles. The third-order valence-corrected chi connectivity index (χ3v) is 17.9. The molecule has 0 aromatic heterocycles. The predicted octanol–water partition coefficient (Wildman–Crippen LogP) is 2.81. The van der Waals surface area contributed by atoms with Crippen LogP contribution in [-0.2, 0) is 47.9 Å². The quantitative estimate of drug-likeness (QED) is 0.347. The normalized spacial score (nSPS) is 40.0. The first-order chi connectivity index (χ1) is 32.8. The molecule has 17 nitrogen and oxygen atoms in total. The highest BCUT2D eigenvalue weighted by atomic mass is 16.4. The van der Waals surface area contributed by atoms with Gasteiger partial charge < -0.3 is 10.0 Å². The van der Waals surface area contributed by atoms with E-state index in [9.17, 15) is 47.9 Å². The molecule has 0 radical (unpaired) electrons. The van der Waals surface area contributed by atoms with Gasteiger partial charge in [0.2, 0.25) is 0 Å². The second kappa shape index (κ2) is 21.3. The van der Waals surface area contributed by atoms with Gasteiger partial charge in [-0.1, -0.05) is 19.9 Å². The van der Waals surface area contributed by atoms with Crippen molar-refractivity contribution in [3.8, 4) is 0 Å². The van der Waals surface area contributed by atoms with Gasteiger partial charge in [-0.2, -0.15) is 0 Å². The molecule has 10 aliphatic rings.